The summed E-state index contributed by atoms with van der Waals surface area (Å²) in [5.41, 5.74) is -0.712. The number of allylic oxidation sites excluding steroid dienone is 3. The molecule has 1 aromatic carbocycles. The zero-order chi connectivity index (χ0) is 26.1. The summed E-state index contributed by atoms with van der Waals surface area (Å²) in [6, 6.07) is 4.34. The molecule has 2 rings (SSSR count). The molecule has 0 aliphatic heterocycles. The van der Waals surface area contributed by atoms with E-state index in [4.69, 9.17) is 0 Å². The van der Waals surface area contributed by atoms with Crippen LogP contribution >= 0.6 is 0 Å². The average Bonchev–Trinajstić information content (AvgIpc) is 3.05. The topological polar surface area (TPSA) is 69.6 Å². The minimum atomic E-state index is -4.54. The first kappa shape index (κ1) is 29.0. The van der Waals surface area contributed by atoms with Gasteiger partial charge in [0.15, 0.2) is 0 Å². The molecule has 4 atom stereocenters. The zero-order valence-corrected chi connectivity index (χ0v) is 19.8. The Bertz CT molecular complexity index is 869. The highest BCUT2D eigenvalue weighted by molar-refractivity contribution is 5.75. The van der Waals surface area contributed by atoms with Crippen LogP contribution in [-0.4, -0.2) is 40.8 Å². The molecule has 1 aliphatic carbocycles. The number of aliphatic hydroxyl groups excluding tert-OH is 2. The van der Waals surface area contributed by atoms with Crippen LogP contribution in [0.4, 0.5) is 22.0 Å². The lowest BCUT2D eigenvalue weighted by atomic mass is 9.89. The number of nitrogens with one attached hydrogen (secondary N) is 1. The number of hydrogen-bond acceptors (Lipinski definition) is 3. The Labute approximate surface area is 202 Å². The number of benzene rings is 1. The summed E-state index contributed by atoms with van der Waals surface area (Å²) in [6.45, 7) is 2.42. The fourth-order valence-electron chi connectivity index (χ4n) is 4.29. The molecule has 9 heteroatoms. The lowest BCUT2D eigenvalue weighted by molar-refractivity contribution is -0.137. The van der Waals surface area contributed by atoms with Crippen LogP contribution in [0.5, 0.6) is 0 Å². The predicted molar refractivity (Wildman–Crippen MR) is 124 cm³/mol. The van der Waals surface area contributed by atoms with Crippen LogP contribution in [0.15, 0.2) is 48.6 Å². The fourth-order valence-corrected chi connectivity index (χ4v) is 4.29. The number of aliphatic hydroxyl groups is 2. The summed E-state index contributed by atoms with van der Waals surface area (Å²) in [7, 11) is 0. The Balaban J connectivity index is 1.91. The van der Waals surface area contributed by atoms with Crippen molar-refractivity contribution in [3.05, 3.63) is 59.7 Å². The molecule has 2 unspecified atom stereocenters. The molecule has 1 saturated carbocycles. The number of carbonyl (C=O) groups is 1. The van der Waals surface area contributed by atoms with Gasteiger partial charge in [-0.15, -0.1) is 0 Å². The molecule has 0 heterocycles. The summed E-state index contributed by atoms with van der Waals surface area (Å²) in [6.07, 6.45) is 0.588. The molecule has 196 valence electrons. The van der Waals surface area contributed by atoms with Crippen LogP contribution < -0.4 is 5.32 Å². The first-order valence-electron chi connectivity index (χ1n) is 11.9. The number of carbonyl (C=O) groups excluding carboxylic acids is 1. The summed E-state index contributed by atoms with van der Waals surface area (Å²) >= 11 is 0. The van der Waals surface area contributed by atoms with Crippen molar-refractivity contribution in [1.82, 2.24) is 5.32 Å². The Hall–Kier alpha value is -2.26. The average molecular weight is 504 g/mol. The summed E-state index contributed by atoms with van der Waals surface area (Å²) < 4.78 is 67.4. The molecule has 0 saturated heterocycles. The Morgan fingerprint density at radius 2 is 1.89 bits per heavy atom. The van der Waals surface area contributed by atoms with Gasteiger partial charge in [-0.25, -0.2) is 8.78 Å². The second-order valence-corrected chi connectivity index (χ2v) is 8.98. The third-order valence-corrected chi connectivity index (χ3v) is 6.20. The van der Waals surface area contributed by atoms with E-state index in [1.807, 2.05) is 19.1 Å². The van der Waals surface area contributed by atoms with Gasteiger partial charge in [0, 0.05) is 31.7 Å². The predicted octanol–water partition coefficient (Wildman–Crippen LogP) is 5.44. The lowest BCUT2D eigenvalue weighted by Crippen LogP contribution is -2.22. The van der Waals surface area contributed by atoms with Crippen LogP contribution in [0.25, 0.3) is 0 Å². The molecular formula is C26H34F5NO3. The van der Waals surface area contributed by atoms with E-state index in [-0.39, 0.29) is 24.3 Å². The molecule has 0 radical (unpaired) electrons. The van der Waals surface area contributed by atoms with Gasteiger partial charge in [-0.05, 0) is 56.2 Å². The van der Waals surface area contributed by atoms with Gasteiger partial charge in [0.2, 0.25) is 5.91 Å². The molecule has 0 bridgehead atoms. The quantitative estimate of drug-likeness (QED) is 0.202. The Morgan fingerprint density at radius 3 is 2.57 bits per heavy atom. The van der Waals surface area contributed by atoms with Gasteiger partial charge in [-0.2, -0.15) is 13.2 Å². The van der Waals surface area contributed by atoms with E-state index >= 15 is 0 Å². The van der Waals surface area contributed by atoms with Crippen molar-refractivity contribution in [2.24, 2.45) is 11.8 Å². The SMILES string of the molecule is CCNC(=O)CCCC=CC[C@H]1C(O)CC(O)[C@@H]1C=CC(F)(F)CCc1cccc(C(F)(F)F)c1. The maximum absolute atomic E-state index is 14.5. The van der Waals surface area contributed by atoms with Crippen LogP contribution in [0.1, 0.15) is 56.6 Å². The van der Waals surface area contributed by atoms with Crippen molar-refractivity contribution in [1.29, 1.82) is 0 Å². The normalized spacial score (nSPS) is 23.4. The van der Waals surface area contributed by atoms with E-state index in [0.717, 1.165) is 12.1 Å². The Kier molecular flexibility index (Phi) is 10.9. The number of halogens is 5. The van der Waals surface area contributed by atoms with Crippen LogP contribution in [0.3, 0.4) is 0 Å². The monoisotopic (exact) mass is 503 g/mol. The van der Waals surface area contributed by atoms with Gasteiger partial charge in [-0.3, -0.25) is 4.79 Å². The van der Waals surface area contributed by atoms with Crippen molar-refractivity contribution in [3.63, 3.8) is 0 Å². The molecule has 1 aromatic rings. The van der Waals surface area contributed by atoms with E-state index < -0.39 is 48.1 Å². The standard InChI is InChI=1S/C26H34F5NO3/c1-2-32-24(35)11-6-4-3-5-10-20-21(23(34)17-22(20)33)13-15-25(27,28)14-12-18-8-7-9-19(16-18)26(29,30)31/h3,5,7-9,13,15-16,20-23,33-34H,2,4,6,10-12,14,17H2,1H3,(H,32,35)/t20-,21-,22?,23?/m1/s1. The van der Waals surface area contributed by atoms with Crippen LogP contribution in [-0.2, 0) is 17.4 Å². The number of rotatable bonds is 12. The van der Waals surface area contributed by atoms with E-state index in [2.05, 4.69) is 5.32 Å². The first-order chi connectivity index (χ1) is 16.4. The highest BCUT2D eigenvalue weighted by atomic mass is 19.4. The number of amides is 1. The molecule has 0 spiro atoms. The van der Waals surface area contributed by atoms with Crippen molar-refractivity contribution in [3.8, 4) is 0 Å². The largest absolute Gasteiger partial charge is 0.416 e. The minimum absolute atomic E-state index is 0.0191. The van der Waals surface area contributed by atoms with Gasteiger partial charge in [0.05, 0.1) is 17.8 Å². The maximum Gasteiger partial charge on any atom is 0.416 e. The van der Waals surface area contributed by atoms with Crippen LogP contribution in [0, 0.1) is 11.8 Å². The maximum atomic E-state index is 14.5. The van der Waals surface area contributed by atoms with Gasteiger partial charge < -0.3 is 15.5 Å². The van der Waals surface area contributed by atoms with Crippen molar-refractivity contribution >= 4 is 5.91 Å². The number of aryl methyl sites for hydroxylation is 1. The third kappa shape index (κ3) is 9.72. The molecule has 1 amide bonds. The lowest BCUT2D eigenvalue weighted by Gasteiger charge is -2.20. The van der Waals surface area contributed by atoms with E-state index in [1.54, 1.807) is 0 Å². The van der Waals surface area contributed by atoms with E-state index in [9.17, 15) is 37.0 Å². The molecule has 3 N–H and O–H groups in total. The molecule has 0 aromatic heterocycles. The van der Waals surface area contributed by atoms with Crippen molar-refractivity contribution < 1.29 is 37.0 Å². The second kappa shape index (κ2) is 13.2. The van der Waals surface area contributed by atoms with Crippen LogP contribution in [0.2, 0.25) is 0 Å². The highest BCUT2D eigenvalue weighted by Gasteiger charge is 2.40. The smallest absolute Gasteiger partial charge is 0.393 e. The summed E-state index contributed by atoms with van der Waals surface area (Å²) in [4.78, 5) is 11.4. The van der Waals surface area contributed by atoms with Gasteiger partial charge in [0.1, 0.15) is 0 Å². The summed E-state index contributed by atoms with van der Waals surface area (Å²) in [5.74, 6) is -4.39. The summed E-state index contributed by atoms with van der Waals surface area (Å²) in [5, 5.41) is 23.3. The first-order valence-corrected chi connectivity index (χ1v) is 11.9. The van der Waals surface area contributed by atoms with Gasteiger partial charge >= 0.3 is 6.18 Å². The molecule has 1 fully saturated rings. The number of hydrogen-bond donors (Lipinski definition) is 3. The second-order valence-electron chi connectivity index (χ2n) is 8.98. The molecule has 4 nitrogen and oxygen atoms in total. The van der Waals surface area contributed by atoms with Crippen molar-refractivity contribution in [2.45, 2.75) is 76.2 Å². The minimum Gasteiger partial charge on any atom is -0.393 e. The van der Waals surface area contributed by atoms with Gasteiger partial charge in [0.25, 0.3) is 5.92 Å². The molecule has 35 heavy (non-hydrogen) atoms. The van der Waals surface area contributed by atoms with E-state index in [1.165, 1.54) is 18.2 Å². The number of alkyl halides is 5. The van der Waals surface area contributed by atoms with Gasteiger partial charge in [-0.1, -0.05) is 36.4 Å². The highest BCUT2D eigenvalue weighted by Crippen LogP contribution is 2.37. The third-order valence-electron chi connectivity index (χ3n) is 6.20. The molecule has 1 aliphatic rings. The Morgan fingerprint density at radius 1 is 1.14 bits per heavy atom. The van der Waals surface area contributed by atoms with E-state index in [0.29, 0.717) is 38.3 Å². The molecular weight excluding hydrogens is 469 g/mol. The van der Waals surface area contributed by atoms with Crippen molar-refractivity contribution in [2.75, 3.05) is 6.54 Å². The zero-order valence-electron chi connectivity index (χ0n) is 19.8. The fraction of sp³-hybridized carbons (Fsp3) is 0.577. The number of unbranched alkanes of at least 4 members (excludes halogenated alkanes) is 1.